The molecule has 36 heavy (non-hydrogen) atoms. The number of nitrogens with zero attached hydrogens (tertiary/aromatic N) is 1. The van der Waals surface area contributed by atoms with Crippen LogP contribution in [0.2, 0.25) is 5.02 Å². The van der Waals surface area contributed by atoms with Crippen LogP contribution in [0.5, 0.6) is 5.75 Å². The molecular formula is C30H35ClN2O3. The number of carbonyl (C=O) groups excluding carboxylic acids is 2. The number of carbonyl (C=O) groups is 2. The van der Waals surface area contributed by atoms with Gasteiger partial charge in [-0.3, -0.25) is 9.59 Å². The van der Waals surface area contributed by atoms with Gasteiger partial charge in [0.15, 0.2) is 6.61 Å². The van der Waals surface area contributed by atoms with Crippen LogP contribution in [0.1, 0.15) is 43.0 Å². The Hall–Kier alpha value is -3.31. The summed E-state index contributed by atoms with van der Waals surface area (Å²) in [6.45, 7) is 9.84. The highest BCUT2D eigenvalue weighted by Crippen LogP contribution is 2.20. The second-order valence-electron chi connectivity index (χ2n) is 10.2. The SMILES string of the molecule is Cc1cc(C)cc(OCC(=O)N(Cc2ccc(Cl)cc2)[C@H](Cc2ccccc2)C(=O)NC(C)(C)C)c1. The first-order chi connectivity index (χ1) is 17.0. The summed E-state index contributed by atoms with van der Waals surface area (Å²) in [6.07, 6.45) is 0.381. The Morgan fingerprint density at radius 2 is 1.53 bits per heavy atom. The van der Waals surface area contributed by atoms with Gasteiger partial charge in [0.2, 0.25) is 5.91 Å². The van der Waals surface area contributed by atoms with Crippen molar-refractivity contribution in [2.24, 2.45) is 0 Å². The molecule has 3 aromatic carbocycles. The molecule has 2 amide bonds. The van der Waals surface area contributed by atoms with Gasteiger partial charge in [-0.05, 0) is 81.1 Å². The van der Waals surface area contributed by atoms with Crippen LogP contribution in [-0.2, 0) is 22.6 Å². The Bertz CT molecular complexity index is 1150. The Morgan fingerprint density at radius 3 is 2.11 bits per heavy atom. The number of amides is 2. The van der Waals surface area contributed by atoms with Gasteiger partial charge in [0, 0.05) is 23.5 Å². The van der Waals surface area contributed by atoms with Crippen molar-refractivity contribution < 1.29 is 14.3 Å². The molecule has 0 bridgehead atoms. The minimum Gasteiger partial charge on any atom is -0.484 e. The molecule has 0 fully saturated rings. The van der Waals surface area contributed by atoms with Crippen molar-refractivity contribution >= 4 is 23.4 Å². The number of hydrogen-bond donors (Lipinski definition) is 1. The Balaban J connectivity index is 1.93. The summed E-state index contributed by atoms with van der Waals surface area (Å²) in [5, 5.41) is 3.68. The maximum absolute atomic E-state index is 13.7. The van der Waals surface area contributed by atoms with Gasteiger partial charge in [0.05, 0.1) is 0 Å². The third kappa shape index (κ3) is 8.42. The lowest BCUT2D eigenvalue weighted by Crippen LogP contribution is -2.55. The fraction of sp³-hybridized carbons (Fsp3) is 0.333. The highest BCUT2D eigenvalue weighted by Gasteiger charge is 2.32. The van der Waals surface area contributed by atoms with Gasteiger partial charge in [0.25, 0.3) is 5.91 Å². The molecule has 0 radical (unpaired) electrons. The van der Waals surface area contributed by atoms with Crippen molar-refractivity contribution in [2.75, 3.05) is 6.61 Å². The summed E-state index contributed by atoms with van der Waals surface area (Å²) in [6, 6.07) is 22.2. The number of aryl methyl sites for hydroxylation is 2. The second kappa shape index (κ2) is 12.1. The molecule has 1 atom stereocenters. The van der Waals surface area contributed by atoms with Gasteiger partial charge in [-0.25, -0.2) is 0 Å². The molecule has 0 saturated carbocycles. The molecule has 0 aliphatic heterocycles. The van der Waals surface area contributed by atoms with Crippen LogP contribution in [0.4, 0.5) is 0 Å². The zero-order chi connectivity index (χ0) is 26.3. The lowest BCUT2D eigenvalue weighted by Gasteiger charge is -2.33. The molecule has 3 aromatic rings. The van der Waals surface area contributed by atoms with E-state index in [9.17, 15) is 9.59 Å². The summed E-state index contributed by atoms with van der Waals surface area (Å²) in [4.78, 5) is 28.8. The number of hydrogen-bond acceptors (Lipinski definition) is 3. The molecule has 0 aromatic heterocycles. The van der Waals surface area contributed by atoms with Crippen molar-refractivity contribution in [3.8, 4) is 5.75 Å². The van der Waals surface area contributed by atoms with Crippen LogP contribution >= 0.6 is 11.6 Å². The quantitative estimate of drug-likeness (QED) is 0.393. The van der Waals surface area contributed by atoms with Crippen molar-refractivity contribution in [3.63, 3.8) is 0 Å². The highest BCUT2D eigenvalue weighted by molar-refractivity contribution is 6.30. The monoisotopic (exact) mass is 506 g/mol. The number of halogens is 1. The topological polar surface area (TPSA) is 58.6 Å². The summed E-state index contributed by atoms with van der Waals surface area (Å²) < 4.78 is 5.90. The predicted octanol–water partition coefficient (Wildman–Crippen LogP) is 5.89. The van der Waals surface area contributed by atoms with Gasteiger partial charge < -0.3 is 15.0 Å². The van der Waals surface area contributed by atoms with E-state index < -0.39 is 11.6 Å². The fourth-order valence-electron chi connectivity index (χ4n) is 4.04. The number of ether oxygens (including phenoxy) is 1. The Morgan fingerprint density at radius 1 is 0.917 bits per heavy atom. The molecule has 3 rings (SSSR count). The third-order valence-corrected chi connectivity index (χ3v) is 5.84. The van der Waals surface area contributed by atoms with Crippen LogP contribution < -0.4 is 10.1 Å². The largest absolute Gasteiger partial charge is 0.484 e. The van der Waals surface area contributed by atoms with Crippen LogP contribution in [0.25, 0.3) is 0 Å². The molecule has 1 N–H and O–H groups in total. The van der Waals surface area contributed by atoms with E-state index in [1.54, 1.807) is 17.0 Å². The molecule has 0 saturated heterocycles. The van der Waals surface area contributed by atoms with Crippen molar-refractivity contribution in [3.05, 3.63) is 100 Å². The van der Waals surface area contributed by atoms with Crippen LogP contribution in [-0.4, -0.2) is 34.9 Å². The van der Waals surface area contributed by atoms with E-state index in [4.69, 9.17) is 16.3 Å². The zero-order valence-electron chi connectivity index (χ0n) is 21.7. The van der Waals surface area contributed by atoms with E-state index in [1.165, 1.54) is 0 Å². The predicted molar refractivity (Wildman–Crippen MR) is 145 cm³/mol. The first-order valence-electron chi connectivity index (χ1n) is 12.1. The van der Waals surface area contributed by atoms with Gasteiger partial charge in [-0.2, -0.15) is 0 Å². The third-order valence-electron chi connectivity index (χ3n) is 5.59. The van der Waals surface area contributed by atoms with Crippen molar-refractivity contribution in [1.82, 2.24) is 10.2 Å². The minimum atomic E-state index is -0.724. The van der Waals surface area contributed by atoms with Crippen LogP contribution in [0, 0.1) is 13.8 Å². The average molecular weight is 507 g/mol. The summed E-state index contributed by atoms with van der Waals surface area (Å²) >= 11 is 6.08. The molecule has 0 aliphatic carbocycles. The minimum absolute atomic E-state index is 0.176. The first kappa shape index (κ1) is 27.3. The normalized spacial score (nSPS) is 12.1. The van der Waals surface area contributed by atoms with E-state index in [-0.39, 0.29) is 25.0 Å². The molecule has 190 valence electrons. The maximum Gasteiger partial charge on any atom is 0.261 e. The van der Waals surface area contributed by atoms with Crippen molar-refractivity contribution in [2.45, 2.75) is 59.2 Å². The fourth-order valence-corrected chi connectivity index (χ4v) is 4.16. The number of rotatable bonds is 9. The number of nitrogens with one attached hydrogen (secondary N) is 1. The van der Waals surface area contributed by atoms with E-state index >= 15 is 0 Å². The summed E-state index contributed by atoms with van der Waals surface area (Å²) in [7, 11) is 0. The van der Waals surface area contributed by atoms with Gasteiger partial charge in [0.1, 0.15) is 11.8 Å². The van der Waals surface area contributed by atoms with E-state index in [0.717, 1.165) is 22.3 Å². The second-order valence-corrected chi connectivity index (χ2v) is 10.6. The zero-order valence-corrected chi connectivity index (χ0v) is 22.4. The first-order valence-corrected chi connectivity index (χ1v) is 12.5. The Kier molecular flexibility index (Phi) is 9.16. The molecule has 5 nitrogen and oxygen atoms in total. The molecule has 0 spiro atoms. The van der Waals surface area contributed by atoms with E-state index in [2.05, 4.69) is 5.32 Å². The van der Waals surface area contributed by atoms with Crippen LogP contribution in [0.3, 0.4) is 0 Å². The molecule has 0 unspecified atom stereocenters. The van der Waals surface area contributed by atoms with E-state index in [1.807, 2.05) is 95.3 Å². The van der Waals surface area contributed by atoms with Gasteiger partial charge in [-0.1, -0.05) is 60.1 Å². The van der Waals surface area contributed by atoms with Crippen molar-refractivity contribution in [1.29, 1.82) is 0 Å². The van der Waals surface area contributed by atoms with Gasteiger partial charge >= 0.3 is 0 Å². The Labute approximate surface area is 219 Å². The molecular weight excluding hydrogens is 472 g/mol. The lowest BCUT2D eigenvalue weighted by molar-refractivity contribution is -0.143. The molecule has 0 heterocycles. The maximum atomic E-state index is 13.7. The average Bonchev–Trinajstić information content (AvgIpc) is 2.80. The lowest BCUT2D eigenvalue weighted by atomic mass is 10.0. The van der Waals surface area contributed by atoms with Gasteiger partial charge in [-0.15, -0.1) is 0 Å². The van der Waals surface area contributed by atoms with Crippen LogP contribution in [0.15, 0.2) is 72.8 Å². The summed E-state index contributed by atoms with van der Waals surface area (Å²) in [5.74, 6) is 0.153. The molecule has 0 aliphatic rings. The highest BCUT2D eigenvalue weighted by atomic mass is 35.5. The number of benzene rings is 3. The summed E-state index contributed by atoms with van der Waals surface area (Å²) in [5.41, 5.74) is 3.51. The van der Waals surface area contributed by atoms with E-state index in [0.29, 0.717) is 17.2 Å². The smallest absolute Gasteiger partial charge is 0.261 e. The molecule has 6 heteroatoms. The standard InChI is InChI=1S/C30H35ClN2O3/c1-21-15-22(2)17-26(16-21)36-20-28(34)33(19-24-11-13-25(31)14-12-24)27(29(35)32-30(3,4)5)18-23-9-7-6-8-10-23/h6-17,27H,18-20H2,1-5H3,(H,32,35)/t27-/m1/s1.